The number of hydrogen-bond acceptors (Lipinski definition) is 9. The largest absolute Gasteiger partial charge is 0.454 e. The molecule has 2 aromatic heterocycles. The molecule has 1 aliphatic heterocycles. The number of carbonyl (C=O) groups is 1. The number of esters is 1. The maximum atomic E-state index is 12.4. The minimum Gasteiger partial charge on any atom is -0.454 e. The topological polar surface area (TPSA) is 121 Å². The highest BCUT2D eigenvalue weighted by molar-refractivity contribution is 7.89. The zero-order chi connectivity index (χ0) is 21.0. The summed E-state index contributed by atoms with van der Waals surface area (Å²) in [4.78, 5) is 17.3. The molecule has 158 valence electrons. The van der Waals surface area contributed by atoms with Crippen molar-refractivity contribution in [2.75, 3.05) is 13.2 Å². The lowest BCUT2D eigenvalue weighted by Gasteiger charge is -2.11. The zero-order valence-corrected chi connectivity index (χ0v) is 17.4. The molecule has 0 spiro atoms. The van der Waals surface area contributed by atoms with E-state index in [0.717, 1.165) is 17.7 Å². The summed E-state index contributed by atoms with van der Waals surface area (Å²) in [7, 11) is -3.68. The molecule has 1 aliphatic rings. The number of thiophene rings is 1. The Morgan fingerprint density at radius 3 is 2.80 bits per heavy atom. The molecular weight excluding hydrogens is 430 g/mol. The Bertz CT molecular complexity index is 1090. The predicted molar refractivity (Wildman–Crippen MR) is 107 cm³/mol. The van der Waals surface area contributed by atoms with Gasteiger partial charge in [-0.25, -0.2) is 17.9 Å². The highest BCUT2D eigenvalue weighted by atomic mass is 32.2. The van der Waals surface area contributed by atoms with Crippen molar-refractivity contribution in [3.8, 4) is 10.8 Å². The minimum atomic E-state index is -3.68. The van der Waals surface area contributed by atoms with E-state index in [1.54, 1.807) is 0 Å². The summed E-state index contributed by atoms with van der Waals surface area (Å²) in [6.07, 6.45) is 1.67. The standard InChI is InChI=1S/C19H19N3O6S2/c23-19(27-12-17-21-18(28-22-17)16-4-2-10-29-16)13-5-7-15(8-6-13)30(24,25)20-11-14-3-1-9-26-14/h2,4-8,10,14,20H,1,3,9,11-12H2. The second-order valence-corrected chi connectivity index (χ2v) is 9.30. The quantitative estimate of drug-likeness (QED) is 0.521. The average molecular weight is 450 g/mol. The first-order chi connectivity index (χ1) is 14.5. The summed E-state index contributed by atoms with van der Waals surface area (Å²) in [5, 5.41) is 5.67. The van der Waals surface area contributed by atoms with Crippen LogP contribution in [0.15, 0.2) is 51.2 Å². The first kappa shape index (κ1) is 20.7. The van der Waals surface area contributed by atoms with Crippen molar-refractivity contribution in [1.82, 2.24) is 14.9 Å². The maximum absolute atomic E-state index is 12.4. The van der Waals surface area contributed by atoms with Crippen LogP contribution in [-0.4, -0.2) is 43.8 Å². The Labute approximate surface area is 177 Å². The molecule has 4 rings (SSSR count). The molecule has 0 saturated carbocycles. The van der Waals surface area contributed by atoms with Crippen molar-refractivity contribution < 1.29 is 27.2 Å². The van der Waals surface area contributed by atoms with Crippen LogP contribution < -0.4 is 4.72 Å². The maximum Gasteiger partial charge on any atom is 0.338 e. The number of benzene rings is 1. The molecule has 0 radical (unpaired) electrons. The molecular formula is C19H19N3O6S2. The van der Waals surface area contributed by atoms with Crippen molar-refractivity contribution >= 4 is 27.3 Å². The van der Waals surface area contributed by atoms with Gasteiger partial charge in [0.2, 0.25) is 15.8 Å². The SMILES string of the molecule is O=C(OCc1noc(-c2cccs2)n1)c1ccc(S(=O)(=O)NCC2CCCO2)cc1. The van der Waals surface area contributed by atoms with E-state index in [1.165, 1.54) is 35.6 Å². The summed E-state index contributed by atoms with van der Waals surface area (Å²) in [6, 6.07) is 9.23. The molecule has 1 aromatic carbocycles. The first-order valence-corrected chi connectivity index (χ1v) is 11.6. The highest BCUT2D eigenvalue weighted by Gasteiger charge is 2.21. The average Bonchev–Trinajstić information content (AvgIpc) is 3.53. The minimum absolute atomic E-state index is 0.0656. The zero-order valence-electron chi connectivity index (χ0n) is 15.8. The fraction of sp³-hybridized carbons (Fsp3) is 0.316. The number of sulfonamides is 1. The normalized spacial score (nSPS) is 16.6. The molecule has 0 amide bonds. The van der Waals surface area contributed by atoms with E-state index >= 15 is 0 Å². The molecule has 1 N–H and O–H groups in total. The smallest absolute Gasteiger partial charge is 0.338 e. The fourth-order valence-electron chi connectivity index (χ4n) is 2.89. The van der Waals surface area contributed by atoms with Gasteiger partial charge in [-0.2, -0.15) is 4.98 Å². The molecule has 1 fully saturated rings. The van der Waals surface area contributed by atoms with Crippen LogP contribution in [-0.2, 0) is 26.1 Å². The van der Waals surface area contributed by atoms with Crippen LogP contribution in [0.25, 0.3) is 10.8 Å². The van der Waals surface area contributed by atoms with Crippen LogP contribution >= 0.6 is 11.3 Å². The van der Waals surface area contributed by atoms with Gasteiger partial charge in [0.25, 0.3) is 5.89 Å². The number of ether oxygens (including phenoxy) is 2. The van der Waals surface area contributed by atoms with Crippen molar-refractivity contribution in [3.05, 3.63) is 53.2 Å². The Balaban J connectivity index is 1.32. The van der Waals surface area contributed by atoms with E-state index in [1.807, 2.05) is 17.5 Å². The van der Waals surface area contributed by atoms with Gasteiger partial charge in [-0.15, -0.1) is 11.3 Å². The van der Waals surface area contributed by atoms with Crippen molar-refractivity contribution in [3.63, 3.8) is 0 Å². The van der Waals surface area contributed by atoms with Gasteiger partial charge in [-0.3, -0.25) is 0 Å². The van der Waals surface area contributed by atoms with Crippen molar-refractivity contribution in [2.24, 2.45) is 0 Å². The van der Waals surface area contributed by atoms with Gasteiger partial charge in [-0.1, -0.05) is 11.2 Å². The van der Waals surface area contributed by atoms with E-state index < -0.39 is 16.0 Å². The van der Waals surface area contributed by atoms with Crippen LogP contribution in [0.5, 0.6) is 0 Å². The Morgan fingerprint density at radius 1 is 1.27 bits per heavy atom. The Hall–Kier alpha value is -2.60. The van der Waals surface area contributed by atoms with Crippen molar-refractivity contribution in [2.45, 2.75) is 30.4 Å². The van der Waals surface area contributed by atoms with E-state index in [4.69, 9.17) is 14.0 Å². The summed E-state index contributed by atoms with van der Waals surface area (Å²) >= 11 is 1.46. The summed E-state index contributed by atoms with van der Waals surface area (Å²) < 4.78 is 43.0. The molecule has 1 atom stereocenters. The van der Waals surface area contributed by atoms with Gasteiger partial charge in [-0.05, 0) is 48.6 Å². The van der Waals surface area contributed by atoms with E-state index in [-0.39, 0.29) is 35.5 Å². The first-order valence-electron chi connectivity index (χ1n) is 9.26. The molecule has 1 saturated heterocycles. The molecule has 0 bridgehead atoms. The van der Waals surface area contributed by atoms with Crippen LogP contribution in [0.2, 0.25) is 0 Å². The predicted octanol–water partition coefficient (Wildman–Crippen LogP) is 2.61. The molecule has 3 aromatic rings. The third kappa shape index (κ3) is 4.93. The van der Waals surface area contributed by atoms with Gasteiger partial charge in [0.15, 0.2) is 6.61 Å². The summed E-state index contributed by atoms with van der Waals surface area (Å²) in [6.45, 7) is 0.726. The van der Waals surface area contributed by atoms with E-state index in [2.05, 4.69) is 14.9 Å². The van der Waals surface area contributed by atoms with Crippen LogP contribution in [0.3, 0.4) is 0 Å². The molecule has 9 nitrogen and oxygen atoms in total. The van der Waals surface area contributed by atoms with Gasteiger partial charge in [0, 0.05) is 13.2 Å². The van der Waals surface area contributed by atoms with Crippen LogP contribution in [0.1, 0.15) is 29.0 Å². The number of nitrogens with zero attached hydrogens (tertiary/aromatic N) is 2. The molecule has 11 heteroatoms. The van der Waals surface area contributed by atoms with Gasteiger partial charge in [0.1, 0.15) is 0 Å². The Kier molecular flexibility index (Phi) is 6.23. The summed E-state index contributed by atoms with van der Waals surface area (Å²) in [5.74, 6) is -0.0147. The second-order valence-electron chi connectivity index (χ2n) is 6.58. The van der Waals surface area contributed by atoms with E-state index in [0.29, 0.717) is 12.5 Å². The molecule has 1 unspecified atom stereocenters. The van der Waals surface area contributed by atoms with Crippen LogP contribution in [0, 0.1) is 0 Å². The number of carbonyl (C=O) groups excluding carboxylic acids is 1. The lowest BCUT2D eigenvalue weighted by Crippen LogP contribution is -2.31. The monoisotopic (exact) mass is 449 g/mol. The Morgan fingerprint density at radius 2 is 2.10 bits per heavy atom. The third-order valence-corrected chi connectivity index (χ3v) is 6.76. The lowest BCUT2D eigenvalue weighted by atomic mass is 10.2. The molecule has 3 heterocycles. The lowest BCUT2D eigenvalue weighted by molar-refractivity contribution is 0.0459. The number of hydrogen-bond donors (Lipinski definition) is 1. The van der Waals surface area contributed by atoms with E-state index in [9.17, 15) is 13.2 Å². The highest BCUT2D eigenvalue weighted by Crippen LogP contribution is 2.22. The van der Waals surface area contributed by atoms with Crippen molar-refractivity contribution in [1.29, 1.82) is 0 Å². The molecule has 0 aliphatic carbocycles. The fourth-order valence-corrected chi connectivity index (χ4v) is 4.60. The van der Waals surface area contributed by atoms with Crippen LogP contribution in [0.4, 0.5) is 0 Å². The van der Waals surface area contributed by atoms with Gasteiger partial charge < -0.3 is 14.0 Å². The number of rotatable bonds is 8. The summed E-state index contributed by atoms with van der Waals surface area (Å²) in [5.41, 5.74) is 0.218. The van der Waals surface area contributed by atoms with Gasteiger partial charge in [0.05, 0.1) is 21.4 Å². The second kappa shape index (κ2) is 9.04. The molecule has 30 heavy (non-hydrogen) atoms. The number of aromatic nitrogens is 2. The third-order valence-electron chi connectivity index (χ3n) is 4.46. The van der Waals surface area contributed by atoms with Gasteiger partial charge >= 0.3 is 5.97 Å². The number of nitrogens with one attached hydrogen (secondary N) is 1.